The van der Waals surface area contributed by atoms with E-state index in [9.17, 15) is 4.79 Å². The molecular formula is C14H20BrNO2. The van der Waals surface area contributed by atoms with Gasteiger partial charge in [0.25, 0.3) is 5.91 Å². The Bertz CT molecular complexity index is 407. The highest BCUT2D eigenvalue weighted by Gasteiger charge is 2.09. The fourth-order valence-electron chi connectivity index (χ4n) is 1.77. The highest BCUT2D eigenvalue weighted by atomic mass is 79.9. The number of ether oxygens (including phenoxy) is 1. The van der Waals surface area contributed by atoms with Crippen molar-refractivity contribution in [1.29, 1.82) is 0 Å². The van der Waals surface area contributed by atoms with Crippen LogP contribution in [0.1, 0.15) is 27.9 Å². The third-order valence-corrected chi connectivity index (χ3v) is 3.44. The molecule has 0 bridgehead atoms. The first-order valence-electron chi connectivity index (χ1n) is 6.03. The molecule has 0 aliphatic heterocycles. The molecule has 1 atom stereocenters. The SMILES string of the molecule is COCC(Br)CCNC(=O)c1ccc(C)cc1C. The van der Waals surface area contributed by atoms with Crippen LogP contribution in [-0.4, -0.2) is 31.0 Å². The summed E-state index contributed by atoms with van der Waals surface area (Å²) in [5, 5.41) is 2.92. The van der Waals surface area contributed by atoms with Crippen molar-refractivity contribution in [3.8, 4) is 0 Å². The van der Waals surface area contributed by atoms with Crippen LogP contribution in [0.5, 0.6) is 0 Å². The van der Waals surface area contributed by atoms with Crippen molar-refractivity contribution >= 4 is 21.8 Å². The molecule has 0 spiro atoms. The monoisotopic (exact) mass is 313 g/mol. The average Bonchev–Trinajstić information content (AvgIpc) is 2.29. The molecule has 0 saturated carbocycles. The Balaban J connectivity index is 2.45. The van der Waals surface area contributed by atoms with Crippen LogP contribution >= 0.6 is 15.9 Å². The summed E-state index contributed by atoms with van der Waals surface area (Å²) in [5.74, 6) is -0.00961. The molecular weight excluding hydrogens is 294 g/mol. The third-order valence-electron chi connectivity index (χ3n) is 2.72. The quantitative estimate of drug-likeness (QED) is 0.820. The molecule has 0 saturated heterocycles. The van der Waals surface area contributed by atoms with E-state index in [1.54, 1.807) is 7.11 Å². The minimum absolute atomic E-state index is 0.00961. The van der Waals surface area contributed by atoms with Gasteiger partial charge in [0.05, 0.1) is 6.61 Å². The molecule has 1 unspecified atom stereocenters. The van der Waals surface area contributed by atoms with E-state index in [0.29, 0.717) is 13.2 Å². The summed E-state index contributed by atoms with van der Waals surface area (Å²) < 4.78 is 5.02. The fraction of sp³-hybridized carbons (Fsp3) is 0.500. The van der Waals surface area contributed by atoms with E-state index in [0.717, 1.165) is 17.5 Å². The van der Waals surface area contributed by atoms with Crippen molar-refractivity contribution in [2.24, 2.45) is 0 Å². The smallest absolute Gasteiger partial charge is 0.251 e. The first-order valence-corrected chi connectivity index (χ1v) is 6.94. The number of alkyl halides is 1. The number of methoxy groups -OCH3 is 1. The lowest BCUT2D eigenvalue weighted by Gasteiger charge is -2.11. The number of rotatable bonds is 6. The Kier molecular flexibility index (Phi) is 6.36. The zero-order chi connectivity index (χ0) is 13.5. The topological polar surface area (TPSA) is 38.3 Å². The van der Waals surface area contributed by atoms with Crippen molar-refractivity contribution in [3.05, 3.63) is 34.9 Å². The van der Waals surface area contributed by atoms with Crippen LogP contribution in [0.4, 0.5) is 0 Å². The molecule has 0 fully saturated rings. The molecule has 0 aromatic heterocycles. The van der Waals surface area contributed by atoms with Crippen LogP contribution in [0, 0.1) is 13.8 Å². The Morgan fingerprint density at radius 1 is 1.44 bits per heavy atom. The fourth-order valence-corrected chi connectivity index (χ4v) is 2.26. The first kappa shape index (κ1) is 15.2. The second kappa shape index (κ2) is 7.54. The summed E-state index contributed by atoms with van der Waals surface area (Å²) in [6.07, 6.45) is 0.852. The Morgan fingerprint density at radius 2 is 2.17 bits per heavy atom. The largest absolute Gasteiger partial charge is 0.384 e. The molecule has 18 heavy (non-hydrogen) atoms. The number of amides is 1. The van der Waals surface area contributed by atoms with Gasteiger partial charge in [0.15, 0.2) is 0 Å². The van der Waals surface area contributed by atoms with Gasteiger partial charge in [-0.15, -0.1) is 0 Å². The highest BCUT2D eigenvalue weighted by molar-refractivity contribution is 9.09. The second-order valence-electron chi connectivity index (χ2n) is 4.42. The Labute approximate surface area is 117 Å². The van der Waals surface area contributed by atoms with E-state index in [2.05, 4.69) is 21.2 Å². The predicted octanol–water partition coefficient (Wildman–Crippen LogP) is 2.83. The van der Waals surface area contributed by atoms with E-state index < -0.39 is 0 Å². The van der Waals surface area contributed by atoms with Gasteiger partial charge in [-0.2, -0.15) is 0 Å². The lowest BCUT2D eigenvalue weighted by atomic mass is 10.1. The molecule has 0 heterocycles. The maximum Gasteiger partial charge on any atom is 0.251 e. The standard InChI is InChI=1S/C14H20BrNO2/c1-10-4-5-13(11(2)8-10)14(17)16-7-6-12(15)9-18-3/h4-5,8,12H,6-7,9H2,1-3H3,(H,16,17). The predicted molar refractivity (Wildman–Crippen MR) is 77.5 cm³/mol. The molecule has 3 nitrogen and oxygen atoms in total. The van der Waals surface area contributed by atoms with Crippen LogP contribution in [0.2, 0.25) is 0 Å². The van der Waals surface area contributed by atoms with Gasteiger partial charge in [-0.1, -0.05) is 33.6 Å². The number of carbonyl (C=O) groups is 1. The van der Waals surface area contributed by atoms with Crippen molar-refractivity contribution in [1.82, 2.24) is 5.32 Å². The number of benzene rings is 1. The molecule has 1 aromatic rings. The van der Waals surface area contributed by atoms with Crippen molar-refractivity contribution in [3.63, 3.8) is 0 Å². The number of hydrogen-bond acceptors (Lipinski definition) is 2. The van der Waals surface area contributed by atoms with Crippen molar-refractivity contribution in [2.45, 2.75) is 25.1 Å². The van der Waals surface area contributed by atoms with E-state index in [1.807, 2.05) is 32.0 Å². The van der Waals surface area contributed by atoms with Crippen LogP contribution in [0.15, 0.2) is 18.2 Å². The highest BCUT2D eigenvalue weighted by Crippen LogP contribution is 2.10. The number of hydrogen-bond donors (Lipinski definition) is 1. The summed E-state index contributed by atoms with van der Waals surface area (Å²) in [6.45, 7) is 5.28. The zero-order valence-corrected chi connectivity index (χ0v) is 12.7. The molecule has 1 rings (SSSR count). The van der Waals surface area contributed by atoms with E-state index in [1.165, 1.54) is 5.56 Å². The number of nitrogens with one attached hydrogen (secondary N) is 1. The zero-order valence-electron chi connectivity index (χ0n) is 11.1. The summed E-state index contributed by atoms with van der Waals surface area (Å²) in [5.41, 5.74) is 2.93. The minimum Gasteiger partial charge on any atom is -0.384 e. The maximum absolute atomic E-state index is 12.0. The first-order chi connectivity index (χ1) is 8.54. The van der Waals surface area contributed by atoms with Gasteiger partial charge in [0.1, 0.15) is 0 Å². The molecule has 1 aromatic carbocycles. The Morgan fingerprint density at radius 3 is 2.78 bits per heavy atom. The Hall–Kier alpha value is -0.870. The lowest BCUT2D eigenvalue weighted by molar-refractivity contribution is 0.0951. The third kappa shape index (κ3) is 4.78. The van der Waals surface area contributed by atoms with Gasteiger partial charge >= 0.3 is 0 Å². The number of aryl methyl sites for hydroxylation is 2. The molecule has 1 N–H and O–H groups in total. The van der Waals surface area contributed by atoms with Gasteiger partial charge in [0, 0.05) is 24.0 Å². The summed E-state index contributed by atoms with van der Waals surface area (Å²) in [6, 6.07) is 5.86. The molecule has 0 aliphatic carbocycles. The molecule has 4 heteroatoms. The summed E-state index contributed by atoms with van der Waals surface area (Å²) >= 11 is 3.49. The van der Waals surface area contributed by atoms with E-state index in [-0.39, 0.29) is 10.7 Å². The molecule has 0 radical (unpaired) electrons. The van der Waals surface area contributed by atoms with Crippen molar-refractivity contribution < 1.29 is 9.53 Å². The molecule has 100 valence electrons. The van der Waals surface area contributed by atoms with Crippen LogP contribution in [-0.2, 0) is 4.74 Å². The van der Waals surface area contributed by atoms with Crippen molar-refractivity contribution in [2.75, 3.05) is 20.3 Å². The number of halogens is 1. The van der Waals surface area contributed by atoms with Gasteiger partial charge in [-0.25, -0.2) is 0 Å². The molecule has 1 amide bonds. The van der Waals surface area contributed by atoms with Gasteiger partial charge in [-0.3, -0.25) is 4.79 Å². The average molecular weight is 314 g/mol. The van der Waals surface area contributed by atoms with Crippen LogP contribution < -0.4 is 5.32 Å². The summed E-state index contributed by atoms with van der Waals surface area (Å²) in [4.78, 5) is 12.2. The second-order valence-corrected chi connectivity index (χ2v) is 5.71. The lowest BCUT2D eigenvalue weighted by Crippen LogP contribution is -2.27. The summed E-state index contributed by atoms with van der Waals surface area (Å²) in [7, 11) is 1.67. The van der Waals surface area contributed by atoms with E-state index in [4.69, 9.17) is 4.74 Å². The van der Waals surface area contributed by atoms with Gasteiger partial charge in [-0.05, 0) is 31.9 Å². The molecule has 0 aliphatic rings. The minimum atomic E-state index is -0.00961. The van der Waals surface area contributed by atoms with Crippen LogP contribution in [0.3, 0.4) is 0 Å². The van der Waals surface area contributed by atoms with E-state index >= 15 is 0 Å². The maximum atomic E-state index is 12.0. The number of carbonyl (C=O) groups excluding carboxylic acids is 1. The van der Waals surface area contributed by atoms with Gasteiger partial charge in [0.2, 0.25) is 0 Å². The van der Waals surface area contributed by atoms with Gasteiger partial charge < -0.3 is 10.1 Å². The normalized spacial score (nSPS) is 12.2. The van der Waals surface area contributed by atoms with Crippen LogP contribution in [0.25, 0.3) is 0 Å².